The van der Waals surface area contributed by atoms with Crippen LogP contribution in [-0.2, 0) is 22.6 Å². The van der Waals surface area contributed by atoms with Crippen LogP contribution in [0.5, 0.6) is 0 Å². The Bertz CT molecular complexity index is 338. The molecule has 0 radical (unpaired) electrons. The Hall–Kier alpha value is -0.970. The number of hydrogen-bond donors (Lipinski definition) is 1. The summed E-state index contributed by atoms with van der Waals surface area (Å²) in [4.78, 5) is 4.40. The molecule has 1 aromatic rings. The quantitative estimate of drug-likeness (QED) is 0.841. The summed E-state index contributed by atoms with van der Waals surface area (Å²) in [6.45, 7) is 3.60. The van der Waals surface area contributed by atoms with Crippen LogP contribution in [0.2, 0.25) is 0 Å². The summed E-state index contributed by atoms with van der Waals surface area (Å²) < 4.78 is 11.0. The third kappa shape index (κ3) is 4.07. The van der Waals surface area contributed by atoms with Crippen LogP contribution in [0.3, 0.4) is 0 Å². The Morgan fingerprint density at radius 3 is 2.82 bits per heavy atom. The number of rotatable bonds is 5. The summed E-state index contributed by atoms with van der Waals surface area (Å²) >= 11 is 0. The van der Waals surface area contributed by atoms with Crippen LogP contribution in [0.15, 0.2) is 18.2 Å². The predicted octanol–water partition coefficient (Wildman–Crippen LogP) is 1.48. The lowest BCUT2D eigenvalue weighted by Crippen LogP contribution is -2.20. The van der Waals surface area contributed by atoms with Crippen molar-refractivity contribution in [1.29, 1.82) is 0 Å². The number of nitrogens with zero attached hydrogens (tertiary/aromatic N) is 1. The summed E-state index contributed by atoms with van der Waals surface area (Å²) in [5, 5.41) is 0. The minimum absolute atomic E-state index is 0.480. The molecule has 0 spiro atoms. The Morgan fingerprint density at radius 1 is 1.29 bits per heavy atom. The van der Waals surface area contributed by atoms with Crippen LogP contribution in [0.1, 0.15) is 24.2 Å². The molecule has 2 rings (SSSR count). The highest BCUT2D eigenvalue weighted by Crippen LogP contribution is 2.15. The van der Waals surface area contributed by atoms with Crippen molar-refractivity contribution in [2.45, 2.75) is 26.0 Å². The second kappa shape index (κ2) is 6.69. The van der Waals surface area contributed by atoms with Gasteiger partial charge in [0.15, 0.2) is 0 Å². The molecule has 1 aliphatic heterocycles. The van der Waals surface area contributed by atoms with Crippen molar-refractivity contribution in [3.05, 3.63) is 29.6 Å². The highest BCUT2D eigenvalue weighted by atomic mass is 16.5. The number of ether oxygens (including phenoxy) is 2. The molecular weight excluding hydrogens is 216 g/mol. The zero-order valence-electron chi connectivity index (χ0n) is 10.1. The lowest BCUT2D eigenvalue weighted by atomic mass is 10.0. The summed E-state index contributed by atoms with van der Waals surface area (Å²) in [6.07, 6.45) is 2.21. The molecule has 0 atom stereocenters. The van der Waals surface area contributed by atoms with Crippen molar-refractivity contribution in [3.8, 4) is 0 Å². The average Bonchev–Trinajstić information content (AvgIpc) is 2.40. The van der Waals surface area contributed by atoms with Gasteiger partial charge >= 0.3 is 0 Å². The number of pyridine rings is 1. The van der Waals surface area contributed by atoms with E-state index in [0.29, 0.717) is 19.1 Å². The van der Waals surface area contributed by atoms with Crippen molar-refractivity contribution in [2.24, 2.45) is 11.7 Å². The Labute approximate surface area is 102 Å². The molecule has 1 fully saturated rings. The summed E-state index contributed by atoms with van der Waals surface area (Å²) in [5.41, 5.74) is 7.42. The average molecular weight is 236 g/mol. The number of aromatic nitrogens is 1. The van der Waals surface area contributed by atoms with E-state index in [1.807, 2.05) is 18.2 Å². The van der Waals surface area contributed by atoms with Gasteiger partial charge in [-0.3, -0.25) is 4.98 Å². The van der Waals surface area contributed by atoms with Crippen LogP contribution in [0.25, 0.3) is 0 Å². The van der Waals surface area contributed by atoms with Crippen molar-refractivity contribution < 1.29 is 9.47 Å². The Balaban J connectivity index is 1.73. The van der Waals surface area contributed by atoms with Crippen molar-refractivity contribution >= 4 is 0 Å². The molecule has 2 heterocycles. The van der Waals surface area contributed by atoms with Gasteiger partial charge in [0.05, 0.1) is 24.6 Å². The van der Waals surface area contributed by atoms with Gasteiger partial charge in [-0.2, -0.15) is 0 Å². The molecule has 2 N–H and O–H groups in total. The molecule has 4 nitrogen and oxygen atoms in total. The lowest BCUT2D eigenvalue weighted by Gasteiger charge is -2.21. The molecule has 0 aromatic carbocycles. The van der Waals surface area contributed by atoms with E-state index in [9.17, 15) is 0 Å². The predicted molar refractivity (Wildman–Crippen MR) is 65.3 cm³/mol. The molecule has 17 heavy (non-hydrogen) atoms. The highest BCUT2D eigenvalue weighted by molar-refractivity contribution is 5.10. The zero-order chi connectivity index (χ0) is 11.9. The van der Waals surface area contributed by atoms with Gasteiger partial charge in [-0.25, -0.2) is 0 Å². The maximum atomic E-state index is 5.70. The van der Waals surface area contributed by atoms with Crippen LogP contribution < -0.4 is 5.73 Å². The normalized spacial score (nSPS) is 17.2. The molecule has 4 heteroatoms. The molecule has 1 saturated heterocycles. The van der Waals surface area contributed by atoms with Gasteiger partial charge in [0.2, 0.25) is 0 Å². The van der Waals surface area contributed by atoms with Crippen LogP contribution in [-0.4, -0.2) is 24.8 Å². The first-order chi connectivity index (χ1) is 8.38. The van der Waals surface area contributed by atoms with E-state index in [2.05, 4.69) is 4.98 Å². The molecule has 0 bridgehead atoms. The highest BCUT2D eigenvalue weighted by Gasteiger charge is 2.13. The minimum Gasteiger partial charge on any atom is -0.381 e. The third-order valence-corrected chi connectivity index (χ3v) is 3.02. The minimum atomic E-state index is 0.480. The Kier molecular flexibility index (Phi) is 4.91. The molecule has 0 unspecified atom stereocenters. The summed E-state index contributed by atoms with van der Waals surface area (Å²) in [7, 11) is 0. The summed E-state index contributed by atoms with van der Waals surface area (Å²) in [6, 6.07) is 5.88. The fourth-order valence-corrected chi connectivity index (χ4v) is 1.97. The Morgan fingerprint density at radius 2 is 2.06 bits per heavy atom. The molecule has 1 aromatic heterocycles. The van der Waals surface area contributed by atoms with Gasteiger partial charge in [0.1, 0.15) is 0 Å². The van der Waals surface area contributed by atoms with E-state index < -0.39 is 0 Å². The van der Waals surface area contributed by atoms with E-state index in [4.69, 9.17) is 15.2 Å². The van der Waals surface area contributed by atoms with Gasteiger partial charge in [0, 0.05) is 19.8 Å². The second-order valence-corrected chi connectivity index (χ2v) is 4.40. The van der Waals surface area contributed by atoms with Gasteiger partial charge in [-0.05, 0) is 30.9 Å². The van der Waals surface area contributed by atoms with E-state index in [1.165, 1.54) is 0 Å². The number of hydrogen-bond acceptors (Lipinski definition) is 4. The first kappa shape index (κ1) is 12.5. The lowest BCUT2D eigenvalue weighted by molar-refractivity contribution is 0.0150. The van der Waals surface area contributed by atoms with Crippen molar-refractivity contribution in [1.82, 2.24) is 4.98 Å². The SMILES string of the molecule is NCc1cccc(COCC2CCOCC2)n1. The van der Waals surface area contributed by atoms with Crippen LogP contribution >= 0.6 is 0 Å². The van der Waals surface area contributed by atoms with E-state index in [0.717, 1.165) is 44.1 Å². The fraction of sp³-hybridized carbons (Fsp3) is 0.615. The van der Waals surface area contributed by atoms with E-state index in [-0.39, 0.29) is 0 Å². The van der Waals surface area contributed by atoms with Crippen LogP contribution in [0, 0.1) is 5.92 Å². The summed E-state index contributed by atoms with van der Waals surface area (Å²) in [5.74, 6) is 0.640. The molecular formula is C13H20N2O2. The van der Waals surface area contributed by atoms with Crippen molar-refractivity contribution in [3.63, 3.8) is 0 Å². The largest absolute Gasteiger partial charge is 0.381 e. The second-order valence-electron chi connectivity index (χ2n) is 4.40. The monoisotopic (exact) mass is 236 g/mol. The van der Waals surface area contributed by atoms with Gasteiger partial charge in [0.25, 0.3) is 0 Å². The first-order valence-corrected chi connectivity index (χ1v) is 6.19. The topological polar surface area (TPSA) is 57.4 Å². The third-order valence-electron chi connectivity index (χ3n) is 3.02. The standard InChI is InChI=1S/C13H20N2O2/c14-8-12-2-1-3-13(15-12)10-17-9-11-4-6-16-7-5-11/h1-3,11H,4-10,14H2. The number of nitrogens with two attached hydrogens (primary N) is 1. The molecule has 0 aliphatic carbocycles. The van der Waals surface area contributed by atoms with Crippen LogP contribution in [0.4, 0.5) is 0 Å². The van der Waals surface area contributed by atoms with E-state index in [1.54, 1.807) is 0 Å². The maximum absolute atomic E-state index is 5.70. The first-order valence-electron chi connectivity index (χ1n) is 6.19. The molecule has 0 amide bonds. The van der Waals surface area contributed by atoms with Gasteiger partial charge in [-0.15, -0.1) is 0 Å². The van der Waals surface area contributed by atoms with Crippen molar-refractivity contribution in [2.75, 3.05) is 19.8 Å². The van der Waals surface area contributed by atoms with Gasteiger partial charge < -0.3 is 15.2 Å². The van der Waals surface area contributed by atoms with Gasteiger partial charge in [-0.1, -0.05) is 6.07 Å². The van der Waals surface area contributed by atoms with E-state index >= 15 is 0 Å². The molecule has 1 aliphatic rings. The maximum Gasteiger partial charge on any atom is 0.0888 e. The molecule has 94 valence electrons. The smallest absolute Gasteiger partial charge is 0.0888 e. The zero-order valence-corrected chi connectivity index (χ0v) is 10.1. The molecule has 0 saturated carbocycles. The fourth-order valence-electron chi connectivity index (χ4n) is 1.97.